The van der Waals surface area contributed by atoms with Crippen molar-refractivity contribution in [3.8, 4) is 0 Å². The number of benzene rings is 1. The maximum Gasteiger partial charge on any atom is 0.147 e. The van der Waals surface area contributed by atoms with Crippen molar-refractivity contribution in [1.82, 2.24) is 0 Å². The normalized spacial score (nSPS) is 27.8. The smallest absolute Gasteiger partial charge is 0.147 e. The third kappa shape index (κ3) is 2.53. The molecule has 4 heteroatoms. The Morgan fingerprint density at radius 2 is 2.20 bits per heavy atom. The summed E-state index contributed by atoms with van der Waals surface area (Å²) in [4.78, 5) is 2.29. The first-order chi connectivity index (χ1) is 9.54. The minimum absolute atomic E-state index is 0.235. The Kier molecular flexibility index (Phi) is 3.67. The quantitative estimate of drug-likeness (QED) is 0.863. The molecule has 2 aliphatic rings. The zero-order valence-electron chi connectivity index (χ0n) is 11.8. The molecule has 2 saturated carbocycles. The van der Waals surface area contributed by atoms with Crippen LogP contribution < -0.4 is 10.6 Å². The average molecular weight is 292 g/mol. The number of thiocarbonyl (C=S) groups is 1. The van der Waals surface area contributed by atoms with Crippen LogP contribution in [0.1, 0.15) is 31.2 Å². The number of nitrogens with two attached hydrogens (primary N) is 1. The topological polar surface area (TPSA) is 29.3 Å². The van der Waals surface area contributed by atoms with Crippen molar-refractivity contribution in [2.45, 2.75) is 25.7 Å². The Hall–Kier alpha value is -1.16. The van der Waals surface area contributed by atoms with Crippen molar-refractivity contribution in [3.63, 3.8) is 0 Å². The summed E-state index contributed by atoms with van der Waals surface area (Å²) in [5, 5.41) is 0. The highest BCUT2D eigenvalue weighted by atomic mass is 32.1. The molecule has 2 fully saturated rings. The van der Waals surface area contributed by atoms with E-state index in [1.165, 1.54) is 31.7 Å². The third-order valence-electron chi connectivity index (χ3n) is 5.04. The van der Waals surface area contributed by atoms with Gasteiger partial charge < -0.3 is 10.6 Å². The van der Waals surface area contributed by atoms with Gasteiger partial charge in [0.25, 0.3) is 0 Å². The molecular formula is C16H21FN2S. The number of hydrogen-bond donors (Lipinski definition) is 1. The van der Waals surface area contributed by atoms with Crippen LogP contribution >= 0.6 is 12.2 Å². The summed E-state index contributed by atoms with van der Waals surface area (Å²) < 4.78 is 14.2. The van der Waals surface area contributed by atoms with Gasteiger partial charge >= 0.3 is 0 Å². The van der Waals surface area contributed by atoms with E-state index in [4.69, 9.17) is 18.0 Å². The van der Waals surface area contributed by atoms with Crippen LogP contribution in [0, 0.1) is 23.6 Å². The molecule has 0 aromatic heterocycles. The van der Waals surface area contributed by atoms with Crippen molar-refractivity contribution < 1.29 is 4.39 Å². The van der Waals surface area contributed by atoms with E-state index in [1.54, 1.807) is 12.1 Å². The largest absolute Gasteiger partial charge is 0.389 e. The van der Waals surface area contributed by atoms with Gasteiger partial charge in [-0.25, -0.2) is 4.39 Å². The van der Waals surface area contributed by atoms with E-state index in [9.17, 15) is 4.39 Å². The van der Waals surface area contributed by atoms with E-state index in [0.717, 1.165) is 24.3 Å². The summed E-state index contributed by atoms with van der Waals surface area (Å²) >= 11 is 4.88. The second kappa shape index (κ2) is 5.32. The van der Waals surface area contributed by atoms with Crippen LogP contribution in [0.15, 0.2) is 18.2 Å². The van der Waals surface area contributed by atoms with Crippen molar-refractivity contribution in [2.24, 2.45) is 23.5 Å². The molecule has 2 N–H and O–H groups in total. The molecule has 2 nitrogen and oxygen atoms in total. The van der Waals surface area contributed by atoms with Crippen LogP contribution in [0.25, 0.3) is 0 Å². The Morgan fingerprint density at radius 1 is 1.40 bits per heavy atom. The Bertz CT molecular complexity index is 531. The molecule has 0 heterocycles. The zero-order chi connectivity index (χ0) is 14.3. The molecule has 3 atom stereocenters. The SMILES string of the molecule is CN(CC1CC2CCC1C2)c1ccc(C(N)=S)cc1F. The fraction of sp³-hybridized carbons (Fsp3) is 0.562. The molecule has 20 heavy (non-hydrogen) atoms. The Labute approximate surface area is 125 Å². The highest BCUT2D eigenvalue weighted by molar-refractivity contribution is 7.80. The van der Waals surface area contributed by atoms with E-state index in [1.807, 2.05) is 11.9 Å². The van der Waals surface area contributed by atoms with Gasteiger partial charge in [0.2, 0.25) is 0 Å². The van der Waals surface area contributed by atoms with Gasteiger partial charge in [-0.1, -0.05) is 18.6 Å². The molecule has 1 aromatic carbocycles. The van der Waals surface area contributed by atoms with Crippen molar-refractivity contribution >= 4 is 22.9 Å². The van der Waals surface area contributed by atoms with Crippen molar-refractivity contribution in [3.05, 3.63) is 29.6 Å². The number of hydrogen-bond acceptors (Lipinski definition) is 2. The lowest BCUT2D eigenvalue weighted by Gasteiger charge is -2.29. The fourth-order valence-corrected chi connectivity index (χ4v) is 4.15. The Balaban J connectivity index is 1.71. The summed E-state index contributed by atoms with van der Waals surface area (Å²) in [6, 6.07) is 5.03. The van der Waals surface area contributed by atoms with Gasteiger partial charge in [0.05, 0.1) is 5.69 Å². The first kappa shape index (κ1) is 13.8. The molecule has 108 valence electrons. The van der Waals surface area contributed by atoms with Gasteiger partial charge in [0.15, 0.2) is 0 Å². The number of halogens is 1. The Morgan fingerprint density at radius 3 is 2.75 bits per heavy atom. The molecule has 0 aliphatic heterocycles. The lowest BCUT2D eigenvalue weighted by molar-refractivity contribution is 0.337. The number of nitrogens with zero attached hydrogens (tertiary/aromatic N) is 1. The molecule has 2 bridgehead atoms. The van der Waals surface area contributed by atoms with Crippen LogP contribution in [-0.2, 0) is 0 Å². The zero-order valence-corrected chi connectivity index (χ0v) is 12.6. The van der Waals surface area contributed by atoms with Crippen molar-refractivity contribution in [1.29, 1.82) is 0 Å². The molecule has 3 rings (SSSR count). The van der Waals surface area contributed by atoms with Gasteiger partial charge in [-0.2, -0.15) is 0 Å². The predicted octanol–water partition coefficient (Wildman–Crippen LogP) is 3.33. The third-order valence-corrected chi connectivity index (χ3v) is 5.27. The van der Waals surface area contributed by atoms with Crippen LogP contribution in [0.3, 0.4) is 0 Å². The van der Waals surface area contributed by atoms with E-state index in [0.29, 0.717) is 11.3 Å². The number of rotatable bonds is 4. The summed E-state index contributed by atoms with van der Waals surface area (Å²) in [6.07, 6.45) is 5.48. The summed E-state index contributed by atoms with van der Waals surface area (Å²) in [6.45, 7) is 0.949. The van der Waals surface area contributed by atoms with Crippen LogP contribution in [0.5, 0.6) is 0 Å². The van der Waals surface area contributed by atoms with Gasteiger partial charge in [-0.05, 0) is 55.2 Å². The first-order valence-electron chi connectivity index (χ1n) is 7.35. The van der Waals surface area contributed by atoms with Gasteiger partial charge in [-0.3, -0.25) is 0 Å². The second-order valence-electron chi connectivity index (χ2n) is 6.35. The van der Waals surface area contributed by atoms with Crippen LogP contribution in [0.4, 0.5) is 10.1 Å². The van der Waals surface area contributed by atoms with Crippen LogP contribution in [0.2, 0.25) is 0 Å². The lowest BCUT2D eigenvalue weighted by atomic mass is 9.88. The molecule has 0 spiro atoms. The minimum atomic E-state index is -0.235. The standard InChI is InChI=1S/C16H21FN2S/c1-19(9-13-7-10-2-3-11(13)6-10)15-5-4-12(16(18)20)8-14(15)17/h4-5,8,10-11,13H,2-3,6-7,9H2,1H3,(H2,18,20). The predicted molar refractivity (Wildman–Crippen MR) is 84.5 cm³/mol. The first-order valence-corrected chi connectivity index (χ1v) is 7.76. The van der Waals surface area contributed by atoms with E-state index in [2.05, 4.69) is 0 Å². The maximum absolute atomic E-state index is 14.2. The molecular weight excluding hydrogens is 271 g/mol. The average Bonchev–Trinajstić information content (AvgIpc) is 3.00. The molecule has 0 saturated heterocycles. The number of fused-ring (bicyclic) bond motifs is 2. The highest BCUT2D eigenvalue weighted by Gasteiger charge is 2.39. The summed E-state index contributed by atoms with van der Waals surface area (Å²) in [7, 11) is 1.98. The van der Waals surface area contributed by atoms with E-state index < -0.39 is 0 Å². The van der Waals surface area contributed by atoms with Crippen LogP contribution in [-0.4, -0.2) is 18.6 Å². The fourth-order valence-electron chi connectivity index (χ4n) is 4.02. The van der Waals surface area contributed by atoms with E-state index in [-0.39, 0.29) is 10.8 Å². The molecule has 0 amide bonds. The monoisotopic (exact) mass is 292 g/mol. The second-order valence-corrected chi connectivity index (χ2v) is 6.79. The van der Waals surface area contributed by atoms with Gasteiger partial charge in [-0.15, -0.1) is 0 Å². The minimum Gasteiger partial charge on any atom is -0.389 e. The molecule has 0 radical (unpaired) electrons. The highest BCUT2D eigenvalue weighted by Crippen LogP contribution is 2.48. The van der Waals surface area contributed by atoms with Gasteiger partial charge in [0.1, 0.15) is 10.8 Å². The van der Waals surface area contributed by atoms with Gasteiger partial charge in [0, 0.05) is 19.2 Å². The van der Waals surface area contributed by atoms with E-state index >= 15 is 0 Å². The molecule has 3 unspecified atom stereocenters. The summed E-state index contributed by atoms with van der Waals surface area (Å²) in [5.41, 5.74) is 6.77. The number of anilines is 1. The summed E-state index contributed by atoms with van der Waals surface area (Å²) in [5.74, 6) is 2.29. The maximum atomic E-state index is 14.2. The molecule has 1 aromatic rings. The molecule has 2 aliphatic carbocycles. The van der Waals surface area contributed by atoms with Crippen molar-refractivity contribution in [2.75, 3.05) is 18.5 Å². The lowest BCUT2D eigenvalue weighted by Crippen LogP contribution is -2.29.